The van der Waals surface area contributed by atoms with E-state index in [9.17, 15) is 0 Å². The zero-order chi connectivity index (χ0) is 15.3. The van der Waals surface area contributed by atoms with Crippen LogP contribution >= 0.6 is 0 Å². The summed E-state index contributed by atoms with van der Waals surface area (Å²) in [5, 5.41) is 0. The lowest BCUT2D eigenvalue weighted by molar-refractivity contribution is -0.0508. The molecule has 0 heteroatoms. The van der Waals surface area contributed by atoms with Crippen LogP contribution < -0.4 is 0 Å². The monoisotopic (exact) mass is 278 g/mol. The molecule has 0 N–H and O–H groups in total. The first kappa shape index (κ1) is 16.4. The Bertz CT molecular complexity index is 347. The molecule has 118 valence electrons. The second-order valence-electron chi connectivity index (χ2n) is 9.77. The van der Waals surface area contributed by atoms with Gasteiger partial charge in [-0.3, -0.25) is 0 Å². The molecule has 2 aliphatic carbocycles. The number of rotatable bonds is 6. The first-order valence-corrected chi connectivity index (χ1v) is 9.02. The molecular formula is C20H38. The Kier molecular flexibility index (Phi) is 4.11. The minimum absolute atomic E-state index is 0.424. The maximum atomic E-state index is 2.54. The Morgan fingerprint density at radius 2 is 1.55 bits per heavy atom. The van der Waals surface area contributed by atoms with Gasteiger partial charge in [0, 0.05) is 0 Å². The van der Waals surface area contributed by atoms with Gasteiger partial charge in [-0.15, -0.1) is 0 Å². The molecule has 0 nitrogen and oxygen atoms in total. The van der Waals surface area contributed by atoms with Crippen LogP contribution in [0.5, 0.6) is 0 Å². The van der Waals surface area contributed by atoms with Crippen LogP contribution in [0.1, 0.15) is 87.5 Å². The van der Waals surface area contributed by atoms with E-state index < -0.39 is 0 Å². The second kappa shape index (κ2) is 5.03. The Balaban J connectivity index is 2.07. The molecule has 0 heterocycles. The summed E-state index contributed by atoms with van der Waals surface area (Å²) in [5.41, 5.74) is 1.49. The Hall–Kier alpha value is 0. The topological polar surface area (TPSA) is 0 Å². The van der Waals surface area contributed by atoms with E-state index in [-0.39, 0.29) is 0 Å². The number of hydrogen-bond acceptors (Lipinski definition) is 0. The third-order valence-corrected chi connectivity index (χ3v) is 8.47. The van der Waals surface area contributed by atoms with Crippen LogP contribution in [-0.2, 0) is 0 Å². The van der Waals surface area contributed by atoms with Crippen molar-refractivity contribution in [3.05, 3.63) is 0 Å². The van der Waals surface area contributed by atoms with E-state index in [1.807, 2.05) is 0 Å². The summed E-state index contributed by atoms with van der Waals surface area (Å²) >= 11 is 0. The molecule has 4 atom stereocenters. The van der Waals surface area contributed by atoms with Crippen LogP contribution in [0.25, 0.3) is 0 Å². The van der Waals surface area contributed by atoms with E-state index in [1.165, 1.54) is 32.1 Å². The van der Waals surface area contributed by atoms with Gasteiger partial charge in [-0.05, 0) is 72.0 Å². The van der Waals surface area contributed by atoms with Crippen molar-refractivity contribution in [3.8, 4) is 0 Å². The predicted molar refractivity (Wildman–Crippen MR) is 89.7 cm³/mol. The van der Waals surface area contributed by atoms with Crippen molar-refractivity contribution in [2.24, 2.45) is 39.9 Å². The molecule has 0 spiro atoms. The van der Waals surface area contributed by atoms with E-state index in [1.54, 1.807) is 0 Å². The highest BCUT2D eigenvalue weighted by Crippen LogP contribution is 2.59. The number of hydrogen-bond donors (Lipinski definition) is 0. The van der Waals surface area contributed by atoms with Crippen molar-refractivity contribution in [1.82, 2.24) is 0 Å². The van der Waals surface area contributed by atoms with Gasteiger partial charge in [-0.25, -0.2) is 0 Å². The van der Waals surface area contributed by atoms with Gasteiger partial charge in [0.2, 0.25) is 0 Å². The second-order valence-corrected chi connectivity index (χ2v) is 9.77. The van der Waals surface area contributed by atoms with E-state index >= 15 is 0 Å². The Labute approximate surface area is 128 Å². The van der Waals surface area contributed by atoms with Crippen LogP contribution in [0.4, 0.5) is 0 Å². The fraction of sp³-hybridized carbons (Fsp3) is 1.00. The molecular weight excluding hydrogens is 240 g/mol. The third-order valence-electron chi connectivity index (χ3n) is 8.47. The molecule has 0 amide bonds. The molecule has 2 aliphatic rings. The molecule has 2 fully saturated rings. The molecule has 0 aromatic heterocycles. The van der Waals surface area contributed by atoms with Gasteiger partial charge in [0.15, 0.2) is 0 Å². The van der Waals surface area contributed by atoms with Crippen molar-refractivity contribution in [3.63, 3.8) is 0 Å². The summed E-state index contributed by atoms with van der Waals surface area (Å²) in [7, 11) is 0. The van der Waals surface area contributed by atoms with Crippen LogP contribution in [0.15, 0.2) is 0 Å². The minimum atomic E-state index is 0.424. The fourth-order valence-electron chi connectivity index (χ4n) is 4.59. The average molecular weight is 279 g/mol. The van der Waals surface area contributed by atoms with Gasteiger partial charge < -0.3 is 0 Å². The highest BCUT2D eigenvalue weighted by atomic mass is 14.6. The van der Waals surface area contributed by atoms with Gasteiger partial charge >= 0.3 is 0 Å². The van der Waals surface area contributed by atoms with E-state index in [4.69, 9.17) is 0 Å². The maximum absolute atomic E-state index is 2.54. The van der Waals surface area contributed by atoms with Crippen LogP contribution in [-0.4, -0.2) is 0 Å². The normalized spacial score (nSPS) is 34.5. The van der Waals surface area contributed by atoms with Crippen molar-refractivity contribution in [1.29, 1.82) is 0 Å². The summed E-state index contributed by atoms with van der Waals surface area (Å²) in [5.74, 6) is 3.62. The fourth-order valence-corrected chi connectivity index (χ4v) is 4.59. The lowest BCUT2D eigenvalue weighted by atomic mass is 9.51. The van der Waals surface area contributed by atoms with Gasteiger partial charge in [-0.1, -0.05) is 55.4 Å². The highest BCUT2D eigenvalue weighted by Gasteiger charge is 2.51. The predicted octanol–water partition coefficient (Wildman–Crippen LogP) is 6.55. The van der Waals surface area contributed by atoms with Crippen molar-refractivity contribution in [2.75, 3.05) is 0 Å². The summed E-state index contributed by atoms with van der Waals surface area (Å²) < 4.78 is 0. The molecule has 2 saturated carbocycles. The van der Waals surface area contributed by atoms with E-state index in [0.29, 0.717) is 16.2 Å². The first-order chi connectivity index (χ1) is 9.02. The summed E-state index contributed by atoms with van der Waals surface area (Å²) in [6, 6.07) is 0. The summed E-state index contributed by atoms with van der Waals surface area (Å²) in [4.78, 5) is 0. The molecule has 2 rings (SSSR count). The summed E-state index contributed by atoms with van der Waals surface area (Å²) in [6.45, 7) is 20.2. The van der Waals surface area contributed by atoms with E-state index in [0.717, 1.165) is 23.7 Å². The van der Waals surface area contributed by atoms with E-state index in [2.05, 4.69) is 55.4 Å². The highest BCUT2D eigenvalue weighted by molar-refractivity contribution is 5.00. The van der Waals surface area contributed by atoms with Gasteiger partial charge in [0.1, 0.15) is 0 Å². The molecule has 0 saturated heterocycles. The summed E-state index contributed by atoms with van der Waals surface area (Å²) in [6.07, 6.45) is 7.27. The van der Waals surface area contributed by atoms with Gasteiger partial charge in [-0.2, -0.15) is 0 Å². The third kappa shape index (κ3) is 2.57. The molecule has 0 bridgehead atoms. The Morgan fingerprint density at radius 3 is 1.90 bits per heavy atom. The van der Waals surface area contributed by atoms with Crippen LogP contribution in [0.3, 0.4) is 0 Å². The standard InChI is InChI=1S/C20H38/c1-14-11-12-20(14,8)13-15(2)18(4,5)19(6,7)16(3)17-9-10-17/h14-17H,9-13H2,1-8H3. The minimum Gasteiger partial charge on any atom is -0.0620 e. The molecule has 0 aliphatic heterocycles. The molecule has 0 aromatic carbocycles. The van der Waals surface area contributed by atoms with Gasteiger partial charge in [0.05, 0.1) is 0 Å². The van der Waals surface area contributed by atoms with Gasteiger partial charge in [0.25, 0.3) is 0 Å². The molecule has 0 aromatic rings. The molecule has 20 heavy (non-hydrogen) atoms. The van der Waals surface area contributed by atoms with Crippen LogP contribution in [0, 0.1) is 39.9 Å². The quantitative estimate of drug-likeness (QED) is 0.517. The first-order valence-electron chi connectivity index (χ1n) is 9.02. The zero-order valence-corrected chi connectivity index (χ0v) is 15.3. The Morgan fingerprint density at radius 1 is 1.00 bits per heavy atom. The average Bonchev–Trinajstić information content (AvgIpc) is 3.19. The van der Waals surface area contributed by atoms with Crippen molar-refractivity contribution >= 4 is 0 Å². The maximum Gasteiger partial charge on any atom is -0.0272 e. The molecule has 0 radical (unpaired) electrons. The zero-order valence-electron chi connectivity index (χ0n) is 15.3. The largest absolute Gasteiger partial charge is 0.0620 e. The van der Waals surface area contributed by atoms with Crippen molar-refractivity contribution in [2.45, 2.75) is 87.5 Å². The SMILES string of the molecule is CC1CCC1(C)CC(C)C(C)(C)C(C)(C)C(C)C1CC1. The lowest BCUT2D eigenvalue weighted by Crippen LogP contribution is -2.46. The van der Waals surface area contributed by atoms with Crippen molar-refractivity contribution < 1.29 is 0 Å². The smallest absolute Gasteiger partial charge is 0.0272 e. The lowest BCUT2D eigenvalue weighted by Gasteiger charge is -2.54. The molecule has 4 unspecified atom stereocenters. The van der Waals surface area contributed by atoms with Crippen LogP contribution in [0.2, 0.25) is 0 Å².